The van der Waals surface area contributed by atoms with Gasteiger partial charge in [-0.3, -0.25) is 5.84 Å². The van der Waals surface area contributed by atoms with E-state index in [0.29, 0.717) is 0 Å². The number of hydrogen-bond acceptors (Lipinski definition) is 3. The zero-order chi connectivity index (χ0) is 14.7. The molecule has 0 aliphatic carbocycles. The molecule has 4 heteroatoms. The van der Waals surface area contributed by atoms with Crippen LogP contribution in [0, 0.1) is 13.8 Å². The molecule has 0 heterocycles. The molecule has 1 atom stereocenters. The number of hydrazine groups is 1. The van der Waals surface area contributed by atoms with Gasteiger partial charge in [0.25, 0.3) is 0 Å². The Balaban J connectivity index is 2.52. The molecule has 0 saturated heterocycles. The van der Waals surface area contributed by atoms with Crippen LogP contribution in [-0.2, 0) is 0 Å². The minimum absolute atomic E-state index is 0.0985. The minimum atomic E-state index is -0.0985. The number of ether oxygens (including phenoxy) is 1. The molecule has 1 unspecified atom stereocenters. The second kappa shape index (κ2) is 6.39. The first-order chi connectivity index (χ1) is 9.56. The van der Waals surface area contributed by atoms with Gasteiger partial charge in [-0.1, -0.05) is 45.8 Å². The van der Waals surface area contributed by atoms with Gasteiger partial charge >= 0.3 is 0 Å². The smallest absolute Gasteiger partial charge is 0.125 e. The molecule has 0 fully saturated rings. The van der Waals surface area contributed by atoms with Crippen molar-refractivity contribution in [2.45, 2.75) is 19.9 Å². The van der Waals surface area contributed by atoms with Crippen LogP contribution in [0.3, 0.4) is 0 Å². The summed E-state index contributed by atoms with van der Waals surface area (Å²) in [6.45, 7) is 4.18. The SMILES string of the molecule is COc1cc(Br)ccc1C(NN)c1ccc(C)cc1C. The monoisotopic (exact) mass is 334 g/mol. The number of aryl methyl sites for hydroxylation is 2. The Labute approximate surface area is 128 Å². The van der Waals surface area contributed by atoms with E-state index in [1.165, 1.54) is 11.1 Å². The number of hydrogen-bond donors (Lipinski definition) is 2. The van der Waals surface area contributed by atoms with Crippen LogP contribution < -0.4 is 16.0 Å². The summed E-state index contributed by atoms with van der Waals surface area (Å²) in [5.74, 6) is 6.60. The normalized spacial score (nSPS) is 12.2. The number of nitrogens with one attached hydrogen (secondary N) is 1. The third kappa shape index (κ3) is 3.03. The lowest BCUT2D eigenvalue weighted by atomic mass is 9.94. The number of benzene rings is 2. The summed E-state index contributed by atoms with van der Waals surface area (Å²) in [7, 11) is 1.67. The van der Waals surface area contributed by atoms with E-state index in [2.05, 4.69) is 53.4 Å². The first-order valence-corrected chi connectivity index (χ1v) is 7.23. The van der Waals surface area contributed by atoms with Crippen LogP contribution in [0.4, 0.5) is 0 Å². The largest absolute Gasteiger partial charge is 0.496 e. The molecule has 0 aliphatic rings. The van der Waals surface area contributed by atoms with E-state index in [4.69, 9.17) is 10.6 Å². The zero-order valence-electron chi connectivity index (χ0n) is 11.9. The predicted molar refractivity (Wildman–Crippen MR) is 85.8 cm³/mol. The van der Waals surface area contributed by atoms with Gasteiger partial charge in [-0.2, -0.15) is 0 Å². The molecule has 0 bridgehead atoms. The van der Waals surface area contributed by atoms with Crippen LogP contribution in [-0.4, -0.2) is 7.11 Å². The molecule has 106 valence electrons. The van der Waals surface area contributed by atoms with E-state index in [1.54, 1.807) is 7.11 Å². The maximum absolute atomic E-state index is 5.79. The van der Waals surface area contributed by atoms with Crippen LogP contribution in [0.5, 0.6) is 5.75 Å². The van der Waals surface area contributed by atoms with Crippen molar-refractivity contribution < 1.29 is 4.74 Å². The Bertz CT molecular complexity index is 613. The lowest BCUT2D eigenvalue weighted by Crippen LogP contribution is -2.29. The molecule has 0 aromatic heterocycles. The molecule has 20 heavy (non-hydrogen) atoms. The highest BCUT2D eigenvalue weighted by atomic mass is 79.9. The van der Waals surface area contributed by atoms with Gasteiger partial charge in [-0.25, -0.2) is 5.43 Å². The summed E-state index contributed by atoms with van der Waals surface area (Å²) in [6.07, 6.45) is 0. The van der Waals surface area contributed by atoms with Gasteiger partial charge in [-0.15, -0.1) is 0 Å². The molecule has 2 rings (SSSR count). The van der Waals surface area contributed by atoms with Crippen molar-refractivity contribution in [2.75, 3.05) is 7.11 Å². The Morgan fingerprint density at radius 1 is 1.10 bits per heavy atom. The van der Waals surface area contributed by atoms with Gasteiger partial charge in [0.2, 0.25) is 0 Å². The third-order valence-corrected chi connectivity index (χ3v) is 3.90. The highest BCUT2D eigenvalue weighted by Crippen LogP contribution is 2.33. The molecule has 0 saturated carbocycles. The summed E-state index contributed by atoms with van der Waals surface area (Å²) in [4.78, 5) is 0. The van der Waals surface area contributed by atoms with Crippen molar-refractivity contribution in [3.63, 3.8) is 0 Å². The number of nitrogens with two attached hydrogens (primary N) is 1. The highest BCUT2D eigenvalue weighted by molar-refractivity contribution is 9.10. The standard InChI is InChI=1S/C16H19BrN2O/c1-10-4-6-13(11(2)8-10)16(19-18)14-7-5-12(17)9-15(14)20-3/h4-9,16,19H,18H2,1-3H3. The summed E-state index contributed by atoms with van der Waals surface area (Å²) in [6, 6.07) is 12.2. The molecular weight excluding hydrogens is 316 g/mol. The first kappa shape index (κ1) is 15.0. The van der Waals surface area contributed by atoms with Gasteiger partial charge in [0, 0.05) is 10.0 Å². The van der Waals surface area contributed by atoms with Crippen LogP contribution in [0.2, 0.25) is 0 Å². The fourth-order valence-electron chi connectivity index (χ4n) is 2.42. The van der Waals surface area contributed by atoms with Gasteiger partial charge in [-0.05, 0) is 37.1 Å². The molecule has 2 aromatic carbocycles. The fraction of sp³-hybridized carbons (Fsp3) is 0.250. The van der Waals surface area contributed by atoms with E-state index in [9.17, 15) is 0 Å². The Morgan fingerprint density at radius 2 is 1.80 bits per heavy atom. The first-order valence-electron chi connectivity index (χ1n) is 6.43. The predicted octanol–water partition coefficient (Wildman–Crippen LogP) is 3.63. The van der Waals surface area contributed by atoms with Crippen molar-refractivity contribution >= 4 is 15.9 Å². The second-order valence-corrected chi connectivity index (χ2v) is 5.76. The molecule has 0 spiro atoms. The van der Waals surface area contributed by atoms with E-state index < -0.39 is 0 Å². The van der Waals surface area contributed by atoms with Gasteiger partial charge < -0.3 is 4.74 Å². The summed E-state index contributed by atoms with van der Waals surface area (Å²) in [5, 5.41) is 0. The summed E-state index contributed by atoms with van der Waals surface area (Å²) < 4.78 is 6.45. The molecule has 3 nitrogen and oxygen atoms in total. The lowest BCUT2D eigenvalue weighted by Gasteiger charge is -2.21. The summed E-state index contributed by atoms with van der Waals surface area (Å²) >= 11 is 3.46. The Morgan fingerprint density at radius 3 is 2.40 bits per heavy atom. The van der Waals surface area contributed by atoms with Gasteiger partial charge in [0.1, 0.15) is 5.75 Å². The Hall–Kier alpha value is -1.36. The molecule has 2 aromatic rings. The summed E-state index contributed by atoms with van der Waals surface area (Å²) in [5.41, 5.74) is 7.51. The molecule has 0 amide bonds. The second-order valence-electron chi connectivity index (χ2n) is 4.85. The zero-order valence-corrected chi connectivity index (χ0v) is 13.5. The lowest BCUT2D eigenvalue weighted by molar-refractivity contribution is 0.404. The van der Waals surface area contributed by atoms with E-state index in [1.807, 2.05) is 18.2 Å². The average Bonchev–Trinajstić information content (AvgIpc) is 2.43. The minimum Gasteiger partial charge on any atom is -0.496 e. The quantitative estimate of drug-likeness (QED) is 0.663. The topological polar surface area (TPSA) is 47.3 Å². The van der Waals surface area contributed by atoms with E-state index in [0.717, 1.165) is 21.3 Å². The van der Waals surface area contributed by atoms with Crippen molar-refractivity contribution in [1.29, 1.82) is 0 Å². The molecule has 3 N–H and O–H groups in total. The number of halogens is 1. The highest BCUT2D eigenvalue weighted by Gasteiger charge is 2.18. The van der Waals surface area contributed by atoms with Gasteiger partial charge in [0.15, 0.2) is 0 Å². The van der Waals surface area contributed by atoms with Crippen LogP contribution in [0.25, 0.3) is 0 Å². The number of rotatable bonds is 4. The van der Waals surface area contributed by atoms with Crippen LogP contribution >= 0.6 is 15.9 Å². The third-order valence-electron chi connectivity index (χ3n) is 3.41. The fourth-order valence-corrected chi connectivity index (χ4v) is 2.76. The van der Waals surface area contributed by atoms with E-state index >= 15 is 0 Å². The van der Waals surface area contributed by atoms with Gasteiger partial charge in [0.05, 0.1) is 13.2 Å². The molecule has 0 aliphatic heterocycles. The molecular formula is C16H19BrN2O. The average molecular weight is 335 g/mol. The number of methoxy groups -OCH3 is 1. The van der Waals surface area contributed by atoms with Crippen LogP contribution in [0.1, 0.15) is 28.3 Å². The van der Waals surface area contributed by atoms with Crippen LogP contribution in [0.15, 0.2) is 40.9 Å². The maximum atomic E-state index is 5.79. The van der Waals surface area contributed by atoms with Crippen molar-refractivity contribution in [3.05, 3.63) is 63.1 Å². The van der Waals surface area contributed by atoms with Crippen molar-refractivity contribution in [1.82, 2.24) is 5.43 Å². The van der Waals surface area contributed by atoms with Crippen molar-refractivity contribution in [2.24, 2.45) is 5.84 Å². The van der Waals surface area contributed by atoms with E-state index in [-0.39, 0.29) is 6.04 Å². The Kier molecular flexibility index (Phi) is 4.81. The maximum Gasteiger partial charge on any atom is 0.125 e. The van der Waals surface area contributed by atoms with Crippen molar-refractivity contribution in [3.8, 4) is 5.75 Å². The molecule has 0 radical (unpaired) electrons.